The summed E-state index contributed by atoms with van der Waals surface area (Å²) in [5.74, 6) is 1.50. The summed E-state index contributed by atoms with van der Waals surface area (Å²) in [5, 5.41) is 0. The first kappa shape index (κ1) is 9.97. The molecule has 1 aliphatic heterocycles. The van der Waals surface area contributed by atoms with Crippen LogP contribution >= 0.6 is 0 Å². The van der Waals surface area contributed by atoms with E-state index in [0.29, 0.717) is 5.92 Å². The molecule has 0 aliphatic carbocycles. The quantitative estimate of drug-likeness (QED) is 0.679. The minimum Gasteiger partial charge on any atom is -0.333 e. The lowest BCUT2D eigenvalue weighted by atomic mass is 10.0. The molecule has 0 bridgehead atoms. The van der Waals surface area contributed by atoms with E-state index in [4.69, 9.17) is 0 Å². The van der Waals surface area contributed by atoms with E-state index >= 15 is 0 Å². The Morgan fingerprint density at radius 1 is 1.27 bits per heavy atom. The first-order valence-electron chi connectivity index (χ1n) is 5.22. The van der Waals surface area contributed by atoms with Crippen molar-refractivity contribution >= 4 is 17.2 Å². The highest BCUT2D eigenvalue weighted by atomic mass is 15.2. The van der Waals surface area contributed by atoms with Crippen LogP contribution in [0.5, 0.6) is 0 Å². The van der Waals surface area contributed by atoms with Crippen molar-refractivity contribution < 1.29 is 0 Å². The zero-order valence-corrected chi connectivity index (χ0v) is 9.49. The van der Waals surface area contributed by atoms with E-state index in [2.05, 4.69) is 36.4 Å². The van der Waals surface area contributed by atoms with E-state index in [1.165, 1.54) is 0 Å². The van der Waals surface area contributed by atoms with Crippen molar-refractivity contribution in [2.75, 3.05) is 7.05 Å². The van der Waals surface area contributed by atoms with Crippen LogP contribution in [-0.4, -0.2) is 17.8 Å². The van der Waals surface area contributed by atoms with Gasteiger partial charge in [0.1, 0.15) is 5.84 Å². The Balaban J connectivity index is 2.57. The molecule has 0 fully saturated rings. The fraction of sp³-hybridized carbons (Fsp3) is 0.308. The van der Waals surface area contributed by atoms with Crippen LogP contribution in [0.4, 0.5) is 5.69 Å². The third-order valence-electron chi connectivity index (χ3n) is 2.71. The van der Waals surface area contributed by atoms with Gasteiger partial charge in [0.2, 0.25) is 0 Å². The molecule has 2 nitrogen and oxygen atoms in total. The number of amidine groups is 1. The summed E-state index contributed by atoms with van der Waals surface area (Å²) in [5.41, 5.74) is 3.19. The molecule has 0 N–H and O–H groups in total. The second kappa shape index (κ2) is 3.54. The Kier molecular flexibility index (Phi) is 2.35. The van der Waals surface area contributed by atoms with Crippen molar-refractivity contribution in [2.45, 2.75) is 13.8 Å². The first-order chi connectivity index (χ1) is 7.11. The molecule has 0 atom stereocenters. The van der Waals surface area contributed by atoms with E-state index in [-0.39, 0.29) is 0 Å². The molecule has 1 heterocycles. The largest absolute Gasteiger partial charge is 0.333 e. The Morgan fingerprint density at radius 3 is 2.60 bits per heavy atom. The number of hydrogen-bond acceptors (Lipinski definition) is 2. The normalized spacial score (nSPS) is 15.3. The van der Waals surface area contributed by atoms with Gasteiger partial charge in [-0.25, -0.2) is 4.99 Å². The Morgan fingerprint density at radius 2 is 1.93 bits per heavy atom. The third-order valence-corrected chi connectivity index (χ3v) is 2.71. The number of para-hydroxylation sites is 1. The highest BCUT2D eigenvalue weighted by Crippen LogP contribution is 2.33. The monoisotopic (exact) mass is 200 g/mol. The lowest BCUT2D eigenvalue weighted by Gasteiger charge is -2.30. The maximum atomic E-state index is 4.66. The molecule has 2 heteroatoms. The zero-order chi connectivity index (χ0) is 11.0. The lowest BCUT2D eigenvalue weighted by Crippen LogP contribution is -2.31. The van der Waals surface area contributed by atoms with Crippen LogP contribution < -0.4 is 0 Å². The number of rotatable bonds is 1. The first-order valence-corrected chi connectivity index (χ1v) is 5.22. The fourth-order valence-corrected chi connectivity index (χ4v) is 1.85. The molecule has 1 aliphatic rings. The van der Waals surface area contributed by atoms with Crippen molar-refractivity contribution in [3.05, 3.63) is 36.4 Å². The van der Waals surface area contributed by atoms with Gasteiger partial charge in [0, 0.05) is 24.2 Å². The molecule has 0 spiro atoms. The topological polar surface area (TPSA) is 15.6 Å². The molecule has 15 heavy (non-hydrogen) atoms. The van der Waals surface area contributed by atoms with Gasteiger partial charge in [-0.1, -0.05) is 38.6 Å². The molecular formula is C13H16N2. The highest BCUT2D eigenvalue weighted by Gasteiger charge is 2.21. The molecule has 78 valence electrons. The summed E-state index contributed by atoms with van der Waals surface area (Å²) in [6.45, 7) is 8.41. The Hall–Kier alpha value is -1.57. The summed E-state index contributed by atoms with van der Waals surface area (Å²) in [7, 11) is 2.02. The standard InChI is InChI=1S/C13H16N2/c1-9(2)13-14-12-8-6-5-7-11(12)10(3)15(13)4/h5-9H,3H2,1-2,4H3. The molecule has 2 rings (SSSR count). The smallest absolute Gasteiger partial charge is 0.112 e. The van der Waals surface area contributed by atoms with Crippen LogP contribution in [0.2, 0.25) is 0 Å². The van der Waals surface area contributed by atoms with Crippen LogP contribution in [0.25, 0.3) is 5.70 Å². The fourth-order valence-electron chi connectivity index (χ4n) is 1.85. The van der Waals surface area contributed by atoms with E-state index in [0.717, 1.165) is 22.8 Å². The van der Waals surface area contributed by atoms with Crippen molar-refractivity contribution in [3.8, 4) is 0 Å². The van der Waals surface area contributed by atoms with Gasteiger partial charge < -0.3 is 4.90 Å². The summed E-state index contributed by atoms with van der Waals surface area (Å²) >= 11 is 0. The SMILES string of the molecule is C=C1c2ccccc2N=C(C(C)C)N1C. The lowest BCUT2D eigenvalue weighted by molar-refractivity contribution is 0.644. The van der Waals surface area contributed by atoms with E-state index in [9.17, 15) is 0 Å². The summed E-state index contributed by atoms with van der Waals surface area (Å²) in [6, 6.07) is 8.14. The number of hydrogen-bond donors (Lipinski definition) is 0. The summed E-state index contributed by atoms with van der Waals surface area (Å²) in [6.07, 6.45) is 0. The van der Waals surface area contributed by atoms with Crippen LogP contribution in [-0.2, 0) is 0 Å². The Labute approximate surface area is 90.9 Å². The van der Waals surface area contributed by atoms with Crippen LogP contribution in [0.1, 0.15) is 19.4 Å². The summed E-state index contributed by atoms with van der Waals surface area (Å²) in [4.78, 5) is 6.73. The van der Waals surface area contributed by atoms with E-state index in [1.54, 1.807) is 0 Å². The van der Waals surface area contributed by atoms with Crippen molar-refractivity contribution in [2.24, 2.45) is 10.9 Å². The zero-order valence-electron chi connectivity index (χ0n) is 9.49. The molecule has 0 amide bonds. The second-order valence-corrected chi connectivity index (χ2v) is 4.15. The molecule has 1 aromatic carbocycles. The maximum Gasteiger partial charge on any atom is 0.112 e. The van der Waals surface area contributed by atoms with Gasteiger partial charge in [-0.05, 0) is 6.07 Å². The predicted molar refractivity (Wildman–Crippen MR) is 65.2 cm³/mol. The van der Waals surface area contributed by atoms with Crippen LogP contribution in [0, 0.1) is 5.92 Å². The average Bonchev–Trinajstić information content (AvgIpc) is 2.23. The van der Waals surface area contributed by atoms with Crippen molar-refractivity contribution in [3.63, 3.8) is 0 Å². The minimum absolute atomic E-state index is 0.417. The number of nitrogens with zero attached hydrogens (tertiary/aromatic N) is 2. The molecule has 0 aromatic heterocycles. The molecule has 1 aromatic rings. The van der Waals surface area contributed by atoms with Crippen LogP contribution in [0.15, 0.2) is 35.8 Å². The van der Waals surface area contributed by atoms with Crippen molar-refractivity contribution in [1.82, 2.24) is 4.90 Å². The van der Waals surface area contributed by atoms with Gasteiger partial charge in [0.15, 0.2) is 0 Å². The minimum atomic E-state index is 0.417. The highest BCUT2D eigenvalue weighted by molar-refractivity contribution is 5.98. The predicted octanol–water partition coefficient (Wildman–Crippen LogP) is 3.29. The van der Waals surface area contributed by atoms with Gasteiger partial charge in [0.25, 0.3) is 0 Å². The molecule has 0 radical (unpaired) electrons. The van der Waals surface area contributed by atoms with Gasteiger partial charge in [-0.3, -0.25) is 0 Å². The Bertz CT molecular complexity index is 430. The number of aliphatic imine (C=N–C) groups is 1. The molecule has 0 unspecified atom stereocenters. The average molecular weight is 200 g/mol. The maximum absolute atomic E-state index is 4.66. The second-order valence-electron chi connectivity index (χ2n) is 4.15. The van der Waals surface area contributed by atoms with Crippen molar-refractivity contribution in [1.29, 1.82) is 0 Å². The van der Waals surface area contributed by atoms with Gasteiger partial charge >= 0.3 is 0 Å². The van der Waals surface area contributed by atoms with Gasteiger partial charge in [-0.15, -0.1) is 0 Å². The number of fused-ring (bicyclic) bond motifs is 1. The molecule has 0 saturated heterocycles. The van der Waals surface area contributed by atoms with Gasteiger partial charge in [-0.2, -0.15) is 0 Å². The third kappa shape index (κ3) is 1.56. The molecule has 0 saturated carbocycles. The van der Waals surface area contributed by atoms with Crippen LogP contribution in [0.3, 0.4) is 0 Å². The summed E-state index contributed by atoms with van der Waals surface area (Å²) < 4.78 is 0. The molecular weight excluding hydrogens is 184 g/mol. The number of benzene rings is 1. The van der Waals surface area contributed by atoms with Gasteiger partial charge in [0.05, 0.1) is 5.69 Å². The van der Waals surface area contributed by atoms with E-state index in [1.807, 2.05) is 25.2 Å². The van der Waals surface area contributed by atoms with E-state index < -0.39 is 0 Å².